The van der Waals surface area contributed by atoms with E-state index in [1.54, 1.807) is 12.4 Å². The Bertz CT molecular complexity index is 829. The average Bonchev–Trinajstić information content (AvgIpc) is 2.63. The lowest BCUT2D eigenvalue weighted by Crippen LogP contribution is -2.08. The predicted octanol–water partition coefficient (Wildman–Crippen LogP) is 3.84. The molecule has 0 atom stereocenters. The first-order chi connectivity index (χ1) is 12.2. The van der Waals surface area contributed by atoms with Crippen LogP contribution in [0.15, 0.2) is 59.3 Å². The molecule has 0 spiro atoms. The molecule has 128 valence electrons. The molecular weight excluding hydrogens is 382 g/mol. The van der Waals surface area contributed by atoms with Crippen LogP contribution >= 0.6 is 15.9 Å². The maximum absolute atomic E-state index is 8.95. The summed E-state index contributed by atoms with van der Waals surface area (Å²) in [6, 6.07) is 13.6. The van der Waals surface area contributed by atoms with Crippen LogP contribution in [0.4, 0.5) is 17.5 Å². The topological polar surface area (TPSA) is 83.0 Å². The third-order valence-electron chi connectivity index (χ3n) is 3.42. The van der Waals surface area contributed by atoms with Crippen molar-refractivity contribution in [3.8, 4) is 11.3 Å². The van der Waals surface area contributed by atoms with Crippen molar-refractivity contribution in [3.63, 3.8) is 0 Å². The van der Waals surface area contributed by atoms with Crippen LogP contribution in [0, 0.1) is 0 Å². The smallest absolute Gasteiger partial charge is 0.225 e. The third kappa shape index (κ3) is 4.98. The zero-order valence-corrected chi connectivity index (χ0v) is 15.1. The SMILES string of the molecule is OCCCNc1nc(Nc2cccc(Br)c2)cc(-c2ccncc2)n1. The van der Waals surface area contributed by atoms with Gasteiger partial charge in [0.1, 0.15) is 5.82 Å². The second kappa shape index (κ2) is 8.55. The summed E-state index contributed by atoms with van der Waals surface area (Å²) in [5, 5.41) is 15.4. The van der Waals surface area contributed by atoms with E-state index in [0.717, 1.165) is 21.4 Å². The van der Waals surface area contributed by atoms with Crippen LogP contribution in [0.25, 0.3) is 11.3 Å². The van der Waals surface area contributed by atoms with Gasteiger partial charge < -0.3 is 15.7 Å². The highest BCUT2D eigenvalue weighted by molar-refractivity contribution is 9.10. The number of aliphatic hydroxyl groups is 1. The Balaban J connectivity index is 1.91. The first-order valence-electron chi connectivity index (χ1n) is 7.91. The zero-order valence-electron chi connectivity index (χ0n) is 13.5. The van der Waals surface area contributed by atoms with Gasteiger partial charge in [-0.1, -0.05) is 22.0 Å². The summed E-state index contributed by atoms with van der Waals surface area (Å²) in [5.41, 5.74) is 2.68. The van der Waals surface area contributed by atoms with Crippen molar-refractivity contribution in [2.24, 2.45) is 0 Å². The zero-order chi connectivity index (χ0) is 17.5. The minimum absolute atomic E-state index is 0.125. The first kappa shape index (κ1) is 17.3. The Morgan fingerprint density at radius 2 is 1.88 bits per heavy atom. The molecule has 0 saturated heterocycles. The molecule has 0 unspecified atom stereocenters. The molecule has 3 rings (SSSR count). The van der Waals surface area contributed by atoms with Gasteiger partial charge in [0.25, 0.3) is 0 Å². The van der Waals surface area contributed by atoms with E-state index in [4.69, 9.17) is 5.11 Å². The second-order valence-electron chi connectivity index (χ2n) is 5.34. The highest BCUT2D eigenvalue weighted by atomic mass is 79.9. The first-order valence-corrected chi connectivity index (χ1v) is 8.71. The predicted molar refractivity (Wildman–Crippen MR) is 103 cm³/mol. The summed E-state index contributed by atoms with van der Waals surface area (Å²) < 4.78 is 0.988. The summed E-state index contributed by atoms with van der Waals surface area (Å²) in [7, 11) is 0. The summed E-state index contributed by atoms with van der Waals surface area (Å²) in [6.45, 7) is 0.729. The molecule has 2 aromatic heterocycles. The molecule has 0 fully saturated rings. The lowest BCUT2D eigenvalue weighted by Gasteiger charge is -2.11. The van der Waals surface area contributed by atoms with E-state index in [0.29, 0.717) is 24.7 Å². The molecular formula is C18H18BrN5O. The van der Waals surface area contributed by atoms with Gasteiger partial charge >= 0.3 is 0 Å². The Labute approximate surface area is 154 Å². The van der Waals surface area contributed by atoms with E-state index in [-0.39, 0.29) is 6.61 Å². The number of hydrogen-bond acceptors (Lipinski definition) is 6. The van der Waals surface area contributed by atoms with Crippen LogP contribution < -0.4 is 10.6 Å². The fourth-order valence-corrected chi connectivity index (χ4v) is 2.65. The highest BCUT2D eigenvalue weighted by Gasteiger charge is 2.07. The van der Waals surface area contributed by atoms with Gasteiger partial charge in [-0.3, -0.25) is 4.98 Å². The van der Waals surface area contributed by atoms with E-state index in [9.17, 15) is 0 Å². The monoisotopic (exact) mass is 399 g/mol. The molecule has 0 radical (unpaired) electrons. The van der Waals surface area contributed by atoms with Gasteiger partial charge in [-0.15, -0.1) is 0 Å². The highest BCUT2D eigenvalue weighted by Crippen LogP contribution is 2.24. The molecule has 6 nitrogen and oxygen atoms in total. The molecule has 0 amide bonds. The van der Waals surface area contributed by atoms with Crippen molar-refractivity contribution in [2.75, 3.05) is 23.8 Å². The Hall–Kier alpha value is -2.51. The maximum atomic E-state index is 8.95. The number of halogens is 1. The minimum Gasteiger partial charge on any atom is -0.396 e. The van der Waals surface area contributed by atoms with Crippen molar-refractivity contribution >= 4 is 33.4 Å². The third-order valence-corrected chi connectivity index (χ3v) is 3.91. The second-order valence-corrected chi connectivity index (χ2v) is 6.25. The van der Waals surface area contributed by atoms with Gasteiger partial charge in [-0.2, -0.15) is 4.98 Å². The molecule has 0 saturated carbocycles. The molecule has 0 aliphatic heterocycles. The fourth-order valence-electron chi connectivity index (χ4n) is 2.25. The molecule has 7 heteroatoms. The molecule has 3 aromatic rings. The van der Waals surface area contributed by atoms with Crippen molar-refractivity contribution in [1.82, 2.24) is 15.0 Å². The number of aromatic nitrogens is 3. The van der Waals surface area contributed by atoms with Gasteiger partial charge in [-0.05, 0) is 36.8 Å². The van der Waals surface area contributed by atoms with Crippen LogP contribution in [0.5, 0.6) is 0 Å². The number of nitrogens with zero attached hydrogens (tertiary/aromatic N) is 3. The number of aliphatic hydroxyl groups excluding tert-OH is 1. The standard InChI is InChI=1S/C18H18BrN5O/c19-14-3-1-4-15(11-14)22-17-12-16(13-5-8-20-9-6-13)23-18(24-17)21-7-2-10-25/h1,3-6,8-9,11-12,25H,2,7,10H2,(H2,21,22,23,24). The Kier molecular flexibility index (Phi) is 5.92. The summed E-state index contributed by atoms with van der Waals surface area (Å²) in [5.74, 6) is 1.20. The quantitative estimate of drug-likeness (QED) is 0.523. The number of hydrogen-bond donors (Lipinski definition) is 3. The van der Waals surface area contributed by atoms with E-state index in [2.05, 4.69) is 41.5 Å². The van der Waals surface area contributed by atoms with Crippen LogP contribution in [0.3, 0.4) is 0 Å². The van der Waals surface area contributed by atoms with Crippen molar-refractivity contribution in [1.29, 1.82) is 0 Å². The number of pyridine rings is 1. The molecule has 0 bridgehead atoms. The molecule has 2 heterocycles. The number of benzene rings is 1. The molecule has 25 heavy (non-hydrogen) atoms. The van der Waals surface area contributed by atoms with E-state index >= 15 is 0 Å². The largest absolute Gasteiger partial charge is 0.396 e. The minimum atomic E-state index is 0.125. The lowest BCUT2D eigenvalue weighted by molar-refractivity contribution is 0.292. The lowest BCUT2D eigenvalue weighted by atomic mass is 10.2. The van der Waals surface area contributed by atoms with E-state index < -0.39 is 0 Å². The summed E-state index contributed by atoms with van der Waals surface area (Å²) >= 11 is 3.47. The number of anilines is 3. The van der Waals surface area contributed by atoms with Crippen LogP contribution in [0.1, 0.15) is 6.42 Å². The van der Waals surface area contributed by atoms with E-state index in [1.165, 1.54) is 0 Å². The van der Waals surface area contributed by atoms with Gasteiger partial charge in [0, 0.05) is 47.3 Å². The number of rotatable bonds is 7. The van der Waals surface area contributed by atoms with E-state index in [1.807, 2.05) is 42.5 Å². The summed E-state index contributed by atoms with van der Waals surface area (Å²) in [4.78, 5) is 13.1. The van der Waals surface area contributed by atoms with Gasteiger partial charge in [0.2, 0.25) is 5.95 Å². The maximum Gasteiger partial charge on any atom is 0.225 e. The Morgan fingerprint density at radius 1 is 1.04 bits per heavy atom. The van der Waals surface area contributed by atoms with Crippen LogP contribution in [-0.2, 0) is 0 Å². The van der Waals surface area contributed by atoms with Gasteiger partial charge in [-0.25, -0.2) is 4.98 Å². The molecule has 0 aliphatic carbocycles. The van der Waals surface area contributed by atoms with Crippen LogP contribution in [-0.4, -0.2) is 33.2 Å². The van der Waals surface area contributed by atoms with Gasteiger partial charge in [0.15, 0.2) is 0 Å². The van der Waals surface area contributed by atoms with Crippen molar-refractivity contribution in [2.45, 2.75) is 6.42 Å². The fraction of sp³-hybridized carbons (Fsp3) is 0.167. The normalized spacial score (nSPS) is 10.5. The van der Waals surface area contributed by atoms with Crippen molar-refractivity contribution in [3.05, 3.63) is 59.3 Å². The van der Waals surface area contributed by atoms with Crippen molar-refractivity contribution < 1.29 is 5.11 Å². The Morgan fingerprint density at radius 3 is 2.64 bits per heavy atom. The molecule has 0 aliphatic rings. The molecule has 1 aromatic carbocycles. The summed E-state index contributed by atoms with van der Waals surface area (Å²) in [6.07, 6.45) is 4.10. The number of nitrogens with one attached hydrogen (secondary N) is 2. The molecule has 3 N–H and O–H groups in total. The van der Waals surface area contributed by atoms with Crippen LogP contribution in [0.2, 0.25) is 0 Å². The van der Waals surface area contributed by atoms with Gasteiger partial charge in [0.05, 0.1) is 5.69 Å². The average molecular weight is 400 g/mol.